The minimum Gasteiger partial charge on any atom is -0.340 e. The monoisotopic (exact) mass is 364 g/mol. The van der Waals surface area contributed by atoms with Gasteiger partial charge in [0.15, 0.2) is 0 Å². The fourth-order valence-electron chi connectivity index (χ4n) is 3.71. The molecule has 0 bridgehead atoms. The van der Waals surface area contributed by atoms with Gasteiger partial charge < -0.3 is 15.1 Å². The van der Waals surface area contributed by atoms with Gasteiger partial charge in [0.2, 0.25) is 5.91 Å². The Hall–Kier alpha value is -1.14. The molecule has 0 saturated carbocycles. The first-order chi connectivity index (χ1) is 12.1. The molecule has 0 spiro atoms. The van der Waals surface area contributed by atoms with Gasteiger partial charge in [-0.15, -0.1) is 0 Å². The van der Waals surface area contributed by atoms with Crippen LogP contribution in [-0.4, -0.2) is 79.5 Å². The van der Waals surface area contributed by atoms with Crippen LogP contribution < -0.4 is 5.32 Å². The number of nitrogens with zero attached hydrogens (tertiary/aromatic N) is 3. The minimum absolute atomic E-state index is 0.299. The SMILES string of the molecule is CC(c1ccccc1Cl)N1CCN(CCC(=O)N2CCNCC2)CC1. The summed E-state index contributed by atoms with van der Waals surface area (Å²) in [5, 5.41) is 4.13. The van der Waals surface area contributed by atoms with Crippen molar-refractivity contribution in [3.8, 4) is 0 Å². The van der Waals surface area contributed by atoms with Gasteiger partial charge in [-0.3, -0.25) is 9.69 Å². The van der Waals surface area contributed by atoms with Crippen LogP contribution in [0.2, 0.25) is 5.02 Å². The fraction of sp³-hybridized carbons (Fsp3) is 0.632. The zero-order valence-electron chi connectivity index (χ0n) is 15.1. The third-order valence-electron chi connectivity index (χ3n) is 5.42. The van der Waals surface area contributed by atoms with Crippen LogP contribution in [0.1, 0.15) is 24.9 Å². The molecule has 5 nitrogen and oxygen atoms in total. The predicted molar refractivity (Wildman–Crippen MR) is 102 cm³/mol. The van der Waals surface area contributed by atoms with Gasteiger partial charge in [-0.25, -0.2) is 0 Å². The number of rotatable bonds is 5. The van der Waals surface area contributed by atoms with Crippen molar-refractivity contribution < 1.29 is 4.79 Å². The molecule has 1 aromatic carbocycles. The van der Waals surface area contributed by atoms with Gasteiger partial charge in [-0.2, -0.15) is 0 Å². The third-order valence-corrected chi connectivity index (χ3v) is 5.77. The molecule has 2 heterocycles. The van der Waals surface area contributed by atoms with Crippen LogP contribution in [0.4, 0.5) is 0 Å². The Labute approximate surface area is 155 Å². The average molecular weight is 365 g/mol. The summed E-state index contributed by atoms with van der Waals surface area (Å²) in [7, 11) is 0. The van der Waals surface area contributed by atoms with Gasteiger partial charge in [0.1, 0.15) is 0 Å². The first-order valence-corrected chi connectivity index (χ1v) is 9.72. The van der Waals surface area contributed by atoms with Crippen LogP contribution in [0, 0.1) is 0 Å². The zero-order valence-corrected chi connectivity index (χ0v) is 15.8. The van der Waals surface area contributed by atoms with E-state index in [4.69, 9.17) is 11.6 Å². The quantitative estimate of drug-likeness (QED) is 0.865. The normalized spacial score (nSPS) is 21.3. The van der Waals surface area contributed by atoms with Crippen molar-refractivity contribution >= 4 is 17.5 Å². The second-order valence-corrected chi connectivity index (χ2v) is 7.36. The maximum absolute atomic E-state index is 12.3. The van der Waals surface area contributed by atoms with E-state index >= 15 is 0 Å². The Morgan fingerprint density at radius 2 is 1.80 bits per heavy atom. The molecule has 2 aliphatic heterocycles. The molecule has 1 N–H and O–H groups in total. The average Bonchev–Trinajstić information content (AvgIpc) is 2.67. The number of amides is 1. The molecule has 0 aromatic heterocycles. The van der Waals surface area contributed by atoms with Gasteiger partial charge in [0.25, 0.3) is 0 Å². The first-order valence-electron chi connectivity index (χ1n) is 9.34. The van der Waals surface area contributed by atoms with Crippen LogP contribution in [-0.2, 0) is 4.79 Å². The number of carbonyl (C=O) groups excluding carboxylic acids is 1. The molecule has 0 aliphatic carbocycles. The molecule has 3 rings (SSSR count). The molecule has 1 amide bonds. The molecule has 2 saturated heterocycles. The zero-order chi connectivity index (χ0) is 17.6. The highest BCUT2D eigenvalue weighted by Gasteiger charge is 2.24. The number of benzene rings is 1. The summed E-state index contributed by atoms with van der Waals surface area (Å²) >= 11 is 6.34. The second kappa shape index (κ2) is 8.99. The van der Waals surface area contributed by atoms with E-state index in [-0.39, 0.29) is 0 Å². The van der Waals surface area contributed by atoms with Crippen LogP contribution in [0.3, 0.4) is 0 Å². The molecular formula is C19H29ClN4O. The lowest BCUT2D eigenvalue weighted by Crippen LogP contribution is -2.49. The van der Waals surface area contributed by atoms with Gasteiger partial charge in [0, 0.05) is 76.4 Å². The van der Waals surface area contributed by atoms with Crippen LogP contribution in [0.5, 0.6) is 0 Å². The predicted octanol–water partition coefficient (Wildman–Crippen LogP) is 1.84. The summed E-state index contributed by atoms with van der Waals surface area (Å²) in [6.07, 6.45) is 0.639. The molecule has 1 unspecified atom stereocenters. The summed E-state index contributed by atoms with van der Waals surface area (Å²) in [5.41, 5.74) is 1.20. The van der Waals surface area contributed by atoms with Crippen molar-refractivity contribution in [3.05, 3.63) is 34.9 Å². The van der Waals surface area contributed by atoms with Crippen molar-refractivity contribution in [2.75, 3.05) is 58.9 Å². The van der Waals surface area contributed by atoms with E-state index in [1.807, 2.05) is 17.0 Å². The summed E-state index contributed by atoms with van der Waals surface area (Å²) in [4.78, 5) is 19.2. The van der Waals surface area contributed by atoms with Gasteiger partial charge in [0.05, 0.1) is 0 Å². The highest BCUT2D eigenvalue weighted by molar-refractivity contribution is 6.31. The Kier molecular flexibility index (Phi) is 6.70. The smallest absolute Gasteiger partial charge is 0.223 e. The summed E-state index contributed by atoms with van der Waals surface area (Å²) in [6, 6.07) is 8.44. The molecule has 1 atom stereocenters. The van der Waals surface area contributed by atoms with Crippen LogP contribution in [0.25, 0.3) is 0 Å². The van der Waals surface area contributed by atoms with E-state index in [1.54, 1.807) is 0 Å². The molecule has 0 radical (unpaired) electrons. The van der Waals surface area contributed by atoms with Crippen LogP contribution in [0.15, 0.2) is 24.3 Å². The van der Waals surface area contributed by atoms with E-state index in [0.717, 1.165) is 63.9 Å². The van der Waals surface area contributed by atoms with Gasteiger partial charge >= 0.3 is 0 Å². The highest BCUT2D eigenvalue weighted by Crippen LogP contribution is 2.27. The van der Waals surface area contributed by atoms with Crippen molar-refractivity contribution in [1.29, 1.82) is 0 Å². The number of nitrogens with one attached hydrogen (secondary N) is 1. The standard InChI is InChI=1S/C19H29ClN4O/c1-16(17-4-2-3-5-18(17)20)23-14-12-22(13-15-23)9-6-19(25)24-10-7-21-8-11-24/h2-5,16,21H,6-15H2,1H3. The molecule has 6 heteroatoms. The molecule has 138 valence electrons. The van der Waals surface area contributed by atoms with Crippen molar-refractivity contribution in [2.24, 2.45) is 0 Å². The summed E-state index contributed by atoms with van der Waals surface area (Å²) < 4.78 is 0. The lowest BCUT2D eigenvalue weighted by Gasteiger charge is -2.38. The Bertz CT molecular complexity index is 568. The summed E-state index contributed by atoms with van der Waals surface area (Å²) in [6.45, 7) is 10.7. The first kappa shape index (κ1) is 18.6. The maximum atomic E-state index is 12.3. The second-order valence-electron chi connectivity index (χ2n) is 6.96. The van der Waals surface area contributed by atoms with Gasteiger partial charge in [-0.05, 0) is 18.6 Å². The topological polar surface area (TPSA) is 38.8 Å². The number of hydrogen-bond donors (Lipinski definition) is 1. The van der Waals surface area contributed by atoms with E-state index in [2.05, 4.69) is 34.2 Å². The Morgan fingerprint density at radius 3 is 2.48 bits per heavy atom. The molecule has 2 aliphatic rings. The van der Waals surface area contributed by atoms with Crippen molar-refractivity contribution in [1.82, 2.24) is 20.0 Å². The minimum atomic E-state index is 0.299. The largest absolute Gasteiger partial charge is 0.340 e. The lowest BCUT2D eigenvalue weighted by atomic mass is 10.1. The summed E-state index contributed by atoms with van der Waals surface area (Å²) in [5.74, 6) is 0.299. The lowest BCUT2D eigenvalue weighted by molar-refractivity contribution is -0.132. The Balaban J connectivity index is 1.42. The van der Waals surface area contributed by atoms with E-state index in [0.29, 0.717) is 18.4 Å². The molecule has 2 fully saturated rings. The van der Waals surface area contributed by atoms with Gasteiger partial charge in [-0.1, -0.05) is 29.8 Å². The third kappa shape index (κ3) is 4.94. The Morgan fingerprint density at radius 1 is 1.12 bits per heavy atom. The highest BCUT2D eigenvalue weighted by atomic mass is 35.5. The fourth-order valence-corrected chi connectivity index (χ4v) is 4.00. The molecular weight excluding hydrogens is 336 g/mol. The van der Waals surface area contributed by atoms with Crippen molar-refractivity contribution in [2.45, 2.75) is 19.4 Å². The van der Waals surface area contributed by atoms with E-state index in [1.165, 1.54) is 5.56 Å². The number of halogens is 1. The van der Waals surface area contributed by atoms with E-state index < -0.39 is 0 Å². The number of carbonyl (C=O) groups is 1. The number of piperazine rings is 2. The van der Waals surface area contributed by atoms with Crippen LogP contribution >= 0.6 is 11.6 Å². The van der Waals surface area contributed by atoms with E-state index in [9.17, 15) is 4.79 Å². The number of hydrogen-bond acceptors (Lipinski definition) is 4. The maximum Gasteiger partial charge on any atom is 0.223 e. The molecule has 1 aromatic rings. The molecule has 25 heavy (non-hydrogen) atoms. The van der Waals surface area contributed by atoms with Crippen molar-refractivity contribution in [3.63, 3.8) is 0 Å².